The van der Waals surface area contributed by atoms with Gasteiger partial charge in [0.25, 0.3) is 10.0 Å². The van der Waals surface area contributed by atoms with Crippen LogP contribution in [-0.4, -0.2) is 42.8 Å². The predicted molar refractivity (Wildman–Crippen MR) is 108 cm³/mol. The minimum absolute atomic E-state index is 0.0945. The zero-order valence-electron chi connectivity index (χ0n) is 15.0. The standard InChI is InChI=1S/C19H22ClN3O3S/c1-2-14-3-5-17(6-4-14)23(12-15(10-20)13-24)27(25,26)18-7-8-19-16(9-18)11-21-22-19/h3-9,11,15,24H,2,10,12-13H2,1H3,(H,21,22). The van der Waals surface area contributed by atoms with Crippen molar-refractivity contribution >= 4 is 38.2 Å². The molecule has 6 nitrogen and oxygen atoms in total. The van der Waals surface area contributed by atoms with E-state index in [0.717, 1.165) is 17.5 Å². The Morgan fingerprint density at radius 2 is 1.96 bits per heavy atom. The molecule has 0 aliphatic heterocycles. The summed E-state index contributed by atoms with van der Waals surface area (Å²) in [4.78, 5) is 0.169. The molecule has 0 saturated heterocycles. The summed E-state index contributed by atoms with van der Waals surface area (Å²) in [5.74, 6) is -0.207. The Kier molecular flexibility index (Phi) is 6.04. The first-order chi connectivity index (χ1) is 13.0. The second-order valence-corrected chi connectivity index (χ2v) is 8.55. The van der Waals surface area contributed by atoms with Gasteiger partial charge in [-0.1, -0.05) is 19.1 Å². The van der Waals surface area contributed by atoms with Gasteiger partial charge in [-0.3, -0.25) is 9.40 Å². The number of benzene rings is 2. The largest absolute Gasteiger partial charge is 0.396 e. The van der Waals surface area contributed by atoms with Crippen molar-refractivity contribution in [1.29, 1.82) is 0 Å². The molecule has 8 heteroatoms. The van der Waals surface area contributed by atoms with Gasteiger partial charge in [0.2, 0.25) is 0 Å². The number of sulfonamides is 1. The molecule has 144 valence electrons. The number of nitrogens with one attached hydrogen (secondary N) is 1. The number of aryl methyl sites for hydroxylation is 1. The Morgan fingerprint density at radius 3 is 2.59 bits per heavy atom. The fourth-order valence-electron chi connectivity index (χ4n) is 2.84. The quantitative estimate of drug-likeness (QED) is 0.561. The van der Waals surface area contributed by atoms with Gasteiger partial charge in [0, 0.05) is 30.3 Å². The van der Waals surface area contributed by atoms with Crippen LogP contribution in [0.2, 0.25) is 0 Å². The van der Waals surface area contributed by atoms with Crippen molar-refractivity contribution in [3.05, 3.63) is 54.2 Å². The third kappa shape index (κ3) is 4.10. The zero-order chi connectivity index (χ0) is 19.4. The van der Waals surface area contributed by atoms with Crippen LogP contribution in [0.25, 0.3) is 10.9 Å². The van der Waals surface area contributed by atoms with E-state index in [4.69, 9.17) is 11.6 Å². The normalized spacial score (nSPS) is 13.0. The smallest absolute Gasteiger partial charge is 0.264 e. The number of halogens is 1. The van der Waals surface area contributed by atoms with Gasteiger partial charge in [0.05, 0.1) is 22.3 Å². The SMILES string of the molecule is CCc1ccc(N(CC(CO)CCl)S(=O)(=O)c2ccc3[nH]ncc3c2)cc1. The van der Waals surface area contributed by atoms with E-state index in [-0.39, 0.29) is 29.8 Å². The Labute approximate surface area is 163 Å². The molecule has 1 heterocycles. The van der Waals surface area contributed by atoms with Crippen molar-refractivity contribution in [2.75, 3.05) is 23.3 Å². The number of aliphatic hydroxyl groups excluding tert-OH is 1. The fraction of sp³-hybridized carbons (Fsp3) is 0.316. The minimum Gasteiger partial charge on any atom is -0.396 e. The molecule has 0 amide bonds. The van der Waals surface area contributed by atoms with Gasteiger partial charge in [0.1, 0.15) is 0 Å². The molecule has 2 aromatic carbocycles. The van der Waals surface area contributed by atoms with Gasteiger partial charge in [-0.25, -0.2) is 8.42 Å². The van der Waals surface area contributed by atoms with Crippen LogP contribution in [0.1, 0.15) is 12.5 Å². The number of rotatable bonds is 8. The van der Waals surface area contributed by atoms with Crippen molar-refractivity contribution in [3.8, 4) is 0 Å². The highest BCUT2D eigenvalue weighted by Gasteiger charge is 2.27. The first-order valence-corrected chi connectivity index (χ1v) is 10.7. The Morgan fingerprint density at radius 1 is 1.22 bits per heavy atom. The van der Waals surface area contributed by atoms with Crippen LogP contribution in [-0.2, 0) is 16.4 Å². The number of aliphatic hydroxyl groups is 1. The van der Waals surface area contributed by atoms with Crippen LogP contribution < -0.4 is 4.31 Å². The maximum absolute atomic E-state index is 13.4. The third-order valence-electron chi connectivity index (χ3n) is 4.53. The van der Waals surface area contributed by atoms with Crippen molar-refractivity contribution < 1.29 is 13.5 Å². The number of hydrogen-bond acceptors (Lipinski definition) is 4. The molecule has 0 radical (unpaired) electrons. The van der Waals surface area contributed by atoms with Crippen molar-refractivity contribution in [2.45, 2.75) is 18.2 Å². The molecular formula is C19H22ClN3O3S. The molecule has 0 bridgehead atoms. The van der Waals surface area contributed by atoms with Crippen LogP contribution in [0.15, 0.2) is 53.6 Å². The van der Waals surface area contributed by atoms with Crippen LogP contribution in [0.5, 0.6) is 0 Å². The maximum Gasteiger partial charge on any atom is 0.264 e. The summed E-state index contributed by atoms with van der Waals surface area (Å²) in [6.45, 7) is 1.94. The Bertz CT molecular complexity index is 998. The molecule has 3 rings (SSSR count). The molecule has 1 atom stereocenters. The summed E-state index contributed by atoms with van der Waals surface area (Å²) in [6.07, 6.45) is 2.45. The number of hydrogen-bond donors (Lipinski definition) is 2. The summed E-state index contributed by atoms with van der Waals surface area (Å²) in [5, 5.41) is 17.0. The van der Waals surface area contributed by atoms with Gasteiger partial charge in [-0.05, 0) is 42.3 Å². The van der Waals surface area contributed by atoms with Gasteiger partial charge < -0.3 is 5.11 Å². The number of anilines is 1. The highest BCUT2D eigenvalue weighted by atomic mass is 35.5. The molecule has 2 N–H and O–H groups in total. The summed E-state index contributed by atoms with van der Waals surface area (Å²) in [6, 6.07) is 12.2. The molecule has 0 aliphatic rings. The zero-order valence-corrected chi connectivity index (χ0v) is 16.5. The summed E-state index contributed by atoms with van der Waals surface area (Å²) >= 11 is 5.91. The summed E-state index contributed by atoms with van der Waals surface area (Å²) in [7, 11) is -3.84. The van der Waals surface area contributed by atoms with E-state index in [1.165, 1.54) is 4.31 Å². The number of aromatic amines is 1. The fourth-order valence-corrected chi connectivity index (χ4v) is 4.61. The molecule has 0 spiro atoms. The molecule has 0 saturated carbocycles. The highest BCUT2D eigenvalue weighted by molar-refractivity contribution is 7.92. The first kappa shape index (κ1) is 19.7. The van der Waals surface area contributed by atoms with Gasteiger partial charge in [-0.15, -0.1) is 11.6 Å². The van der Waals surface area contributed by atoms with Crippen LogP contribution in [0.4, 0.5) is 5.69 Å². The monoisotopic (exact) mass is 407 g/mol. The molecule has 0 aliphatic carbocycles. The van der Waals surface area contributed by atoms with Gasteiger partial charge in [-0.2, -0.15) is 5.10 Å². The van der Waals surface area contributed by atoms with E-state index in [1.54, 1.807) is 36.5 Å². The second-order valence-electron chi connectivity index (χ2n) is 6.38. The second kappa shape index (κ2) is 8.29. The van der Waals surface area contributed by atoms with E-state index in [2.05, 4.69) is 10.2 Å². The average molecular weight is 408 g/mol. The van der Waals surface area contributed by atoms with E-state index in [9.17, 15) is 13.5 Å². The highest BCUT2D eigenvalue weighted by Crippen LogP contribution is 2.27. The minimum atomic E-state index is -3.84. The lowest BCUT2D eigenvalue weighted by Gasteiger charge is -2.27. The van der Waals surface area contributed by atoms with Crippen LogP contribution in [0.3, 0.4) is 0 Å². The number of aromatic nitrogens is 2. The number of nitrogens with zero attached hydrogens (tertiary/aromatic N) is 2. The molecule has 3 aromatic rings. The van der Waals surface area contributed by atoms with E-state index < -0.39 is 10.0 Å². The number of fused-ring (bicyclic) bond motifs is 1. The molecule has 1 unspecified atom stereocenters. The molecule has 0 fully saturated rings. The lowest BCUT2D eigenvalue weighted by Crippen LogP contribution is -2.37. The number of H-pyrrole nitrogens is 1. The van der Waals surface area contributed by atoms with Crippen LogP contribution in [0, 0.1) is 5.92 Å². The average Bonchev–Trinajstić information content (AvgIpc) is 3.17. The van der Waals surface area contributed by atoms with Gasteiger partial charge in [0.15, 0.2) is 0 Å². The Hall–Kier alpha value is -2.09. The summed E-state index contributed by atoms with van der Waals surface area (Å²) in [5.41, 5.74) is 2.43. The van der Waals surface area contributed by atoms with Crippen molar-refractivity contribution in [2.24, 2.45) is 5.92 Å². The van der Waals surface area contributed by atoms with Crippen LogP contribution >= 0.6 is 11.6 Å². The number of alkyl halides is 1. The Balaban J connectivity index is 2.05. The lowest BCUT2D eigenvalue weighted by molar-refractivity contribution is 0.243. The molecule has 27 heavy (non-hydrogen) atoms. The third-order valence-corrected chi connectivity index (χ3v) is 6.76. The molecule has 1 aromatic heterocycles. The topological polar surface area (TPSA) is 86.3 Å². The van der Waals surface area contributed by atoms with E-state index >= 15 is 0 Å². The van der Waals surface area contributed by atoms with Gasteiger partial charge >= 0.3 is 0 Å². The first-order valence-electron chi connectivity index (χ1n) is 8.71. The lowest BCUT2D eigenvalue weighted by atomic mass is 10.1. The molecular weight excluding hydrogens is 386 g/mol. The van der Waals surface area contributed by atoms with Crippen molar-refractivity contribution in [3.63, 3.8) is 0 Å². The predicted octanol–water partition coefficient (Wildman–Crippen LogP) is 3.17. The van der Waals surface area contributed by atoms with E-state index in [0.29, 0.717) is 11.1 Å². The maximum atomic E-state index is 13.4. The van der Waals surface area contributed by atoms with E-state index in [1.807, 2.05) is 19.1 Å². The van der Waals surface area contributed by atoms with Crippen molar-refractivity contribution in [1.82, 2.24) is 10.2 Å². The summed E-state index contributed by atoms with van der Waals surface area (Å²) < 4.78 is 28.1.